The average molecular weight is 332 g/mol. The number of benzene rings is 1. The van der Waals surface area contributed by atoms with Crippen LogP contribution in [0.4, 0.5) is 0 Å². The zero-order chi connectivity index (χ0) is 16.2. The van der Waals surface area contributed by atoms with Crippen molar-refractivity contribution in [2.75, 3.05) is 0 Å². The minimum Gasteiger partial charge on any atom is -0.345 e. The largest absolute Gasteiger partial charge is 0.345 e. The van der Waals surface area contributed by atoms with E-state index in [1.165, 1.54) is 0 Å². The number of carbonyl (C=O) groups is 1. The molecule has 2 aromatic heterocycles. The van der Waals surface area contributed by atoms with Crippen molar-refractivity contribution < 1.29 is 9.32 Å². The molecule has 0 saturated carbocycles. The molecule has 0 fully saturated rings. The first kappa shape index (κ1) is 15.2. The van der Waals surface area contributed by atoms with Gasteiger partial charge < -0.3 is 9.84 Å². The molecule has 23 heavy (non-hydrogen) atoms. The molecule has 0 bridgehead atoms. The van der Waals surface area contributed by atoms with Crippen LogP contribution in [0.5, 0.6) is 0 Å². The summed E-state index contributed by atoms with van der Waals surface area (Å²) in [6, 6.07) is 6.93. The van der Waals surface area contributed by atoms with Gasteiger partial charge in [0.15, 0.2) is 5.82 Å². The first-order chi connectivity index (χ1) is 11.2. The van der Waals surface area contributed by atoms with E-state index in [4.69, 9.17) is 16.1 Å². The molecule has 0 aliphatic rings. The molecule has 1 aromatic carbocycles. The molecular formula is C15H14ClN5O2. The van der Waals surface area contributed by atoms with Crippen LogP contribution in [0.3, 0.4) is 0 Å². The summed E-state index contributed by atoms with van der Waals surface area (Å²) in [5, 5.41) is 11.0. The number of amides is 1. The number of carbonyl (C=O) groups excluding carboxylic acids is 1. The van der Waals surface area contributed by atoms with Crippen molar-refractivity contribution in [2.45, 2.75) is 19.9 Å². The zero-order valence-corrected chi connectivity index (χ0v) is 13.1. The molecule has 0 radical (unpaired) electrons. The maximum absolute atomic E-state index is 12.3. The van der Waals surface area contributed by atoms with Gasteiger partial charge in [0.1, 0.15) is 0 Å². The third kappa shape index (κ3) is 3.40. The molecule has 0 atom stereocenters. The molecule has 8 heteroatoms. The van der Waals surface area contributed by atoms with Gasteiger partial charge in [-0.1, -0.05) is 23.7 Å². The highest BCUT2D eigenvalue weighted by Gasteiger charge is 2.13. The first-order valence-electron chi connectivity index (χ1n) is 7.06. The van der Waals surface area contributed by atoms with E-state index in [9.17, 15) is 4.79 Å². The van der Waals surface area contributed by atoms with Crippen LogP contribution in [-0.2, 0) is 13.0 Å². The van der Waals surface area contributed by atoms with Crippen molar-refractivity contribution in [3.05, 3.63) is 59.0 Å². The van der Waals surface area contributed by atoms with E-state index in [0.29, 0.717) is 28.7 Å². The van der Waals surface area contributed by atoms with E-state index in [1.54, 1.807) is 41.3 Å². The molecule has 1 N–H and O–H groups in total. The second kappa shape index (κ2) is 6.62. The van der Waals surface area contributed by atoms with Crippen molar-refractivity contribution in [2.24, 2.45) is 0 Å². The van der Waals surface area contributed by atoms with Gasteiger partial charge in [0.05, 0.1) is 22.8 Å². The number of halogens is 1. The number of aryl methyl sites for hydroxylation is 1. The summed E-state index contributed by atoms with van der Waals surface area (Å²) in [6.07, 6.45) is 4.10. The molecule has 0 aliphatic heterocycles. The van der Waals surface area contributed by atoms with Crippen LogP contribution < -0.4 is 5.32 Å². The van der Waals surface area contributed by atoms with Gasteiger partial charge in [-0.3, -0.25) is 4.79 Å². The lowest BCUT2D eigenvalue weighted by Crippen LogP contribution is -2.24. The maximum Gasteiger partial charge on any atom is 0.253 e. The second-order valence-corrected chi connectivity index (χ2v) is 5.16. The third-order valence-corrected chi connectivity index (χ3v) is 3.51. The monoisotopic (exact) mass is 331 g/mol. The normalized spacial score (nSPS) is 10.7. The Balaban J connectivity index is 1.75. The Labute approximate surface area is 137 Å². The molecule has 0 aliphatic carbocycles. The van der Waals surface area contributed by atoms with Crippen LogP contribution in [-0.4, -0.2) is 25.8 Å². The molecule has 3 aromatic rings. The van der Waals surface area contributed by atoms with E-state index in [1.807, 2.05) is 6.92 Å². The fraction of sp³-hybridized carbons (Fsp3) is 0.200. The number of rotatable bonds is 5. The lowest BCUT2D eigenvalue weighted by molar-refractivity contribution is 0.0949. The van der Waals surface area contributed by atoms with Crippen LogP contribution >= 0.6 is 11.6 Å². The Morgan fingerprint density at radius 2 is 2.30 bits per heavy atom. The molecule has 2 heterocycles. The van der Waals surface area contributed by atoms with Gasteiger partial charge in [-0.25, -0.2) is 4.68 Å². The van der Waals surface area contributed by atoms with Gasteiger partial charge in [-0.05, 0) is 24.3 Å². The maximum atomic E-state index is 12.3. The molecule has 0 unspecified atom stereocenters. The van der Waals surface area contributed by atoms with Crippen LogP contribution in [0.1, 0.15) is 29.0 Å². The molecule has 3 rings (SSSR count). The number of aromatic nitrogens is 4. The zero-order valence-electron chi connectivity index (χ0n) is 12.4. The van der Waals surface area contributed by atoms with Crippen molar-refractivity contribution in [1.82, 2.24) is 25.2 Å². The summed E-state index contributed by atoms with van der Waals surface area (Å²) in [7, 11) is 0. The second-order valence-electron chi connectivity index (χ2n) is 4.76. The predicted octanol–water partition coefficient (Wildman–Crippen LogP) is 2.40. The van der Waals surface area contributed by atoms with Crippen LogP contribution in [0.15, 0.2) is 41.2 Å². The SMILES string of the molecule is CCc1nc(CNC(=O)c2cc(-n3cccn3)ccc2Cl)no1. The summed E-state index contributed by atoms with van der Waals surface area (Å²) >= 11 is 6.12. The van der Waals surface area contributed by atoms with E-state index < -0.39 is 0 Å². The van der Waals surface area contributed by atoms with Gasteiger partial charge >= 0.3 is 0 Å². The lowest BCUT2D eigenvalue weighted by Gasteiger charge is -2.08. The predicted molar refractivity (Wildman–Crippen MR) is 83.4 cm³/mol. The van der Waals surface area contributed by atoms with Gasteiger partial charge in [-0.15, -0.1) is 0 Å². The van der Waals surface area contributed by atoms with Crippen molar-refractivity contribution in [1.29, 1.82) is 0 Å². The molecule has 1 amide bonds. The Bertz CT molecular complexity index is 813. The third-order valence-electron chi connectivity index (χ3n) is 3.18. The van der Waals surface area contributed by atoms with Gasteiger partial charge in [-0.2, -0.15) is 10.1 Å². The van der Waals surface area contributed by atoms with Crippen molar-refractivity contribution in [3.63, 3.8) is 0 Å². The summed E-state index contributed by atoms with van der Waals surface area (Å²) in [4.78, 5) is 16.5. The highest BCUT2D eigenvalue weighted by Crippen LogP contribution is 2.19. The topological polar surface area (TPSA) is 85.8 Å². The molecule has 7 nitrogen and oxygen atoms in total. The van der Waals surface area contributed by atoms with Crippen LogP contribution in [0.2, 0.25) is 5.02 Å². The summed E-state index contributed by atoms with van der Waals surface area (Å²) in [5.41, 5.74) is 1.11. The highest BCUT2D eigenvalue weighted by atomic mass is 35.5. The fourth-order valence-corrected chi connectivity index (χ4v) is 2.21. The number of hydrogen-bond donors (Lipinski definition) is 1. The van der Waals surface area contributed by atoms with E-state index in [0.717, 1.165) is 5.69 Å². The Hall–Kier alpha value is -2.67. The summed E-state index contributed by atoms with van der Waals surface area (Å²) in [6.45, 7) is 2.08. The quantitative estimate of drug-likeness (QED) is 0.775. The van der Waals surface area contributed by atoms with Crippen LogP contribution in [0, 0.1) is 0 Å². The summed E-state index contributed by atoms with van der Waals surface area (Å²) < 4.78 is 6.65. The van der Waals surface area contributed by atoms with Gasteiger partial charge in [0.25, 0.3) is 5.91 Å². The van der Waals surface area contributed by atoms with E-state index in [-0.39, 0.29) is 12.5 Å². The minimum atomic E-state index is -0.313. The van der Waals surface area contributed by atoms with Gasteiger partial charge in [0, 0.05) is 18.8 Å². The summed E-state index contributed by atoms with van der Waals surface area (Å²) in [5.74, 6) is 0.648. The molecule has 118 valence electrons. The molecular weight excluding hydrogens is 318 g/mol. The lowest BCUT2D eigenvalue weighted by atomic mass is 10.2. The standard InChI is InChI=1S/C15H14ClN5O2/c1-2-14-19-13(20-23-14)9-17-15(22)11-8-10(4-5-12(11)16)21-7-3-6-18-21/h3-8H,2,9H2,1H3,(H,17,22). The Kier molecular flexibility index (Phi) is 4.38. The highest BCUT2D eigenvalue weighted by molar-refractivity contribution is 6.33. The van der Waals surface area contributed by atoms with Crippen LogP contribution in [0.25, 0.3) is 5.69 Å². The van der Waals surface area contributed by atoms with Gasteiger partial charge in [0.2, 0.25) is 5.89 Å². The van der Waals surface area contributed by atoms with Crippen molar-refractivity contribution in [3.8, 4) is 5.69 Å². The number of hydrogen-bond acceptors (Lipinski definition) is 5. The average Bonchev–Trinajstić information content (AvgIpc) is 3.24. The fourth-order valence-electron chi connectivity index (χ4n) is 2.01. The first-order valence-corrected chi connectivity index (χ1v) is 7.44. The smallest absolute Gasteiger partial charge is 0.253 e. The van der Waals surface area contributed by atoms with Crippen molar-refractivity contribution >= 4 is 17.5 Å². The van der Waals surface area contributed by atoms with E-state index >= 15 is 0 Å². The molecule has 0 saturated heterocycles. The number of nitrogens with zero attached hydrogens (tertiary/aromatic N) is 4. The molecule has 0 spiro atoms. The minimum absolute atomic E-state index is 0.171. The number of nitrogens with one attached hydrogen (secondary N) is 1. The Morgan fingerprint density at radius 1 is 1.43 bits per heavy atom. The van der Waals surface area contributed by atoms with E-state index in [2.05, 4.69) is 20.6 Å². The Morgan fingerprint density at radius 3 is 3.00 bits per heavy atom.